The summed E-state index contributed by atoms with van der Waals surface area (Å²) in [4.78, 5) is 13.3. The largest absolute Gasteiger partial charge is 0.371 e. The minimum absolute atomic E-state index is 0.0720. The number of unbranched alkanes of at least 4 members (excludes halogenated alkanes) is 2. The molecule has 0 aliphatic rings. The van der Waals surface area contributed by atoms with Gasteiger partial charge in [-0.3, -0.25) is 18.5 Å². The van der Waals surface area contributed by atoms with E-state index in [-0.39, 0.29) is 64.4 Å². The second-order valence-corrected chi connectivity index (χ2v) is 15.6. The highest BCUT2D eigenvalue weighted by atomic mass is 35.5. The molecule has 0 radical (unpaired) electrons. The van der Waals surface area contributed by atoms with E-state index < -0.39 is 52.7 Å². The van der Waals surface area contributed by atoms with Crippen molar-refractivity contribution in [1.29, 1.82) is 5.26 Å². The van der Waals surface area contributed by atoms with Crippen LogP contribution in [0.3, 0.4) is 0 Å². The van der Waals surface area contributed by atoms with E-state index >= 15 is 0 Å². The summed E-state index contributed by atoms with van der Waals surface area (Å²) in [6.45, 7) is 1.81. The number of nitriles is 1. The molecule has 17 nitrogen and oxygen atoms in total. The van der Waals surface area contributed by atoms with Crippen molar-refractivity contribution in [2.24, 2.45) is 10.2 Å². The van der Waals surface area contributed by atoms with Crippen molar-refractivity contribution >= 4 is 82.3 Å². The van der Waals surface area contributed by atoms with Gasteiger partial charge in [0.05, 0.1) is 38.3 Å². The summed E-state index contributed by atoms with van der Waals surface area (Å²) >= 11 is 12.5. The molecule has 3 rings (SSSR count). The Labute approximate surface area is 286 Å². The molecule has 22 heteroatoms. The van der Waals surface area contributed by atoms with Crippen molar-refractivity contribution in [2.75, 3.05) is 34.8 Å². The Morgan fingerprint density at radius 3 is 1.98 bits per heavy atom. The van der Waals surface area contributed by atoms with E-state index in [4.69, 9.17) is 32.3 Å². The number of carbonyl (C=O) groups is 1. The highest BCUT2D eigenvalue weighted by molar-refractivity contribution is 7.86. The van der Waals surface area contributed by atoms with Crippen LogP contribution in [0, 0.1) is 11.3 Å². The lowest BCUT2D eigenvalue weighted by atomic mass is 10.2. The van der Waals surface area contributed by atoms with E-state index in [1.165, 1.54) is 13.0 Å². The molecule has 0 atom stereocenters. The molecule has 48 heavy (non-hydrogen) atoms. The normalized spacial score (nSPS) is 12.3. The van der Waals surface area contributed by atoms with Crippen molar-refractivity contribution < 1.29 is 43.7 Å². The zero-order valence-electron chi connectivity index (χ0n) is 25.0. The predicted molar refractivity (Wildman–Crippen MR) is 177 cm³/mol. The van der Waals surface area contributed by atoms with Crippen LogP contribution < -0.4 is 10.2 Å². The molecule has 0 spiro atoms. The summed E-state index contributed by atoms with van der Waals surface area (Å²) in [7, 11) is -13.0. The molecule has 0 saturated heterocycles. The van der Waals surface area contributed by atoms with Crippen LogP contribution in [0.25, 0.3) is 5.69 Å². The first-order valence-corrected chi connectivity index (χ1v) is 19.1. The quantitative estimate of drug-likeness (QED) is 0.0867. The van der Waals surface area contributed by atoms with Gasteiger partial charge in [0.1, 0.15) is 23.0 Å². The van der Waals surface area contributed by atoms with E-state index in [1.54, 1.807) is 17.0 Å². The van der Waals surface area contributed by atoms with Gasteiger partial charge in [-0.2, -0.15) is 35.6 Å². The molecule has 0 bridgehead atoms. The van der Waals surface area contributed by atoms with Crippen LogP contribution in [0.4, 0.5) is 22.9 Å². The number of anilines is 2. The molecule has 0 saturated carbocycles. The molecule has 1 amide bonds. The van der Waals surface area contributed by atoms with E-state index in [1.807, 2.05) is 6.07 Å². The highest BCUT2D eigenvalue weighted by Gasteiger charge is 2.22. The molecule has 0 aliphatic heterocycles. The summed E-state index contributed by atoms with van der Waals surface area (Å²) in [6, 6.07) is 8.39. The Hall–Kier alpha value is -3.68. The van der Waals surface area contributed by atoms with Crippen LogP contribution in [-0.4, -0.2) is 79.2 Å². The molecule has 4 N–H and O–H groups in total. The van der Waals surface area contributed by atoms with Gasteiger partial charge in [-0.25, -0.2) is 4.68 Å². The molecule has 1 heterocycles. The van der Waals surface area contributed by atoms with Crippen molar-refractivity contribution in [3.8, 4) is 11.8 Å². The van der Waals surface area contributed by atoms with Crippen LogP contribution in [0.2, 0.25) is 10.0 Å². The number of rotatable bonds is 16. The predicted octanol–water partition coefficient (Wildman–Crippen LogP) is 4.81. The fourth-order valence-corrected chi connectivity index (χ4v) is 6.77. The Morgan fingerprint density at radius 1 is 0.938 bits per heavy atom. The average Bonchev–Trinajstić information content (AvgIpc) is 3.35. The van der Waals surface area contributed by atoms with Gasteiger partial charge in [-0.1, -0.05) is 23.2 Å². The lowest BCUT2D eigenvalue weighted by Crippen LogP contribution is -2.26. The third-order valence-electron chi connectivity index (χ3n) is 6.43. The fourth-order valence-electron chi connectivity index (χ4n) is 4.32. The molecular weight excluding hydrogens is 737 g/mol. The Morgan fingerprint density at radius 2 is 1.50 bits per heavy atom. The summed E-state index contributed by atoms with van der Waals surface area (Å²) < 4.78 is 96.3. The maximum Gasteiger partial charge on any atom is 0.294 e. The lowest BCUT2D eigenvalue weighted by Gasteiger charge is -2.26. The van der Waals surface area contributed by atoms with Crippen molar-refractivity contribution in [2.45, 2.75) is 37.5 Å². The van der Waals surface area contributed by atoms with Gasteiger partial charge >= 0.3 is 0 Å². The Kier molecular flexibility index (Phi) is 13.0. The smallest absolute Gasteiger partial charge is 0.294 e. The summed E-state index contributed by atoms with van der Waals surface area (Å²) in [5, 5.41) is 24.2. The first kappa shape index (κ1) is 38.8. The van der Waals surface area contributed by atoms with Crippen LogP contribution in [-0.2, 0) is 35.1 Å². The standard InChI is InChI=1S/C26H29Cl2N7O10S3/c1-17(36)31-24-12-19(34(8-2-4-10-46(37,38)39)9-3-5-11-47(40,41)42)6-7-23(24)32-33-26-18(15-29)16-30-35(26)25-21(27)13-20(14-22(25)28)48(43,44)45/h6-7,12-14,16H,2-5,8-11H2,1H3,(H,31,36)(H,37,38,39)(H,40,41,42)(H,43,44,45)/b33-32+. The number of aromatic nitrogens is 2. The van der Waals surface area contributed by atoms with Crippen LogP contribution in [0.1, 0.15) is 38.2 Å². The van der Waals surface area contributed by atoms with Crippen molar-refractivity contribution in [1.82, 2.24) is 9.78 Å². The van der Waals surface area contributed by atoms with Gasteiger partial charge in [-0.05, 0) is 56.0 Å². The average molecular weight is 767 g/mol. The number of benzene rings is 2. The summed E-state index contributed by atoms with van der Waals surface area (Å²) in [5.41, 5.74) is 0.655. The molecule has 0 unspecified atom stereocenters. The molecule has 260 valence electrons. The lowest BCUT2D eigenvalue weighted by molar-refractivity contribution is -0.114. The molecule has 2 aromatic carbocycles. The maximum absolute atomic E-state index is 12.1. The Bertz CT molecular complexity index is 2020. The monoisotopic (exact) mass is 765 g/mol. The minimum atomic E-state index is -4.65. The molecular formula is C26H29Cl2N7O10S3. The van der Waals surface area contributed by atoms with Gasteiger partial charge in [0.15, 0.2) is 5.82 Å². The molecule has 3 aromatic rings. The topological polar surface area (TPSA) is 262 Å². The second-order valence-electron chi connectivity index (χ2n) is 10.2. The second kappa shape index (κ2) is 16.1. The van der Waals surface area contributed by atoms with Gasteiger partial charge in [0, 0.05) is 25.7 Å². The Balaban J connectivity index is 2.01. The number of hydrogen-bond donors (Lipinski definition) is 4. The number of hydrogen-bond acceptors (Lipinski definition) is 12. The molecule has 0 aliphatic carbocycles. The van der Waals surface area contributed by atoms with Crippen molar-refractivity contribution in [3.05, 3.63) is 52.1 Å². The number of halogens is 2. The van der Waals surface area contributed by atoms with Crippen LogP contribution in [0.5, 0.6) is 0 Å². The van der Waals surface area contributed by atoms with Gasteiger partial charge in [0.25, 0.3) is 30.4 Å². The first-order valence-electron chi connectivity index (χ1n) is 13.7. The van der Waals surface area contributed by atoms with Crippen LogP contribution >= 0.6 is 23.2 Å². The number of amides is 1. The SMILES string of the molecule is CC(=O)Nc1cc(N(CCCCS(=O)(=O)O)CCCCS(=O)(=O)O)ccc1/N=N/c1c(C#N)cnn1-c1c(Cl)cc(S(=O)(=O)O)cc1Cl. The molecule has 0 fully saturated rings. The number of nitrogens with zero attached hydrogens (tertiary/aromatic N) is 6. The fraction of sp³-hybridized carbons (Fsp3) is 0.346. The van der Waals surface area contributed by atoms with E-state index in [0.717, 1.165) is 23.0 Å². The third kappa shape index (κ3) is 11.5. The first-order chi connectivity index (χ1) is 22.3. The molecule has 1 aromatic heterocycles. The highest BCUT2D eigenvalue weighted by Crippen LogP contribution is 2.37. The van der Waals surface area contributed by atoms with Gasteiger partial charge in [-0.15, -0.1) is 10.2 Å². The maximum atomic E-state index is 12.1. The summed E-state index contributed by atoms with van der Waals surface area (Å²) in [6.07, 6.45) is 2.05. The van der Waals surface area contributed by atoms with Gasteiger partial charge in [0.2, 0.25) is 5.91 Å². The number of nitrogens with one attached hydrogen (secondary N) is 1. The zero-order valence-corrected chi connectivity index (χ0v) is 28.9. The van der Waals surface area contributed by atoms with E-state index in [9.17, 15) is 39.9 Å². The van der Waals surface area contributed by atoms with Gasteiger partial charge < -0.3 is 10.2 Å². The van der Waals surface area contributed by atoms with E-state index in [0.29, 0.717) is 18.5 Å². The summed E-state index contributed by atoms with van der Waals surface area (Å²) in [5.74, 6) is -1.56. The number of azo groups is 1. The van der Waals surface area contributed by atoms with E-state index in [2.05, 4.69) is 20.6 Å². The third-order valence-corrected chi connectivity index (χ3v) is 9.45. The van der Waals surface area contributed by atoms with Crippen molar-refractivity contribution in [3.63, 3.8) is 0 Å². The number of carbonyl (C=O) groups excluding carboxylic acids is 1. The van der Waals surface area contributed by atoms with Crippen LogP contribution in [0.15, 0.2) is 51.7 Å². The minimum Gasteiger partial charge on any atom is -0.371 e. The zero-order chi connectivity index (χ0) is 35.9.